The highest BCUT2D eigenvalue weighted by Gasteiger charge is 2.03. The predicted molar refractivity (Wildman–Crippen MR) is 57.9 cm³/mol. The largest absolute Gasteiger partial charge is 0.382 e. The van der Waals surface area contributed by atoms with Crippen molar-refractivity contribution in [2.45, 2.75) is 39.2 Å². The number of rotatable bonds is 5. The molecule has 1 aromatic rings. The van der Waals surface area contributed by atoms with Gasteiger partial charge in [-0.3, -0.25) is 0 Å². The first-order chi connectivity index (χ1) is 6.36. The summed E-state index contributed by atoms with van der Waals surface area (Å²) in [6.45, 7) is 4.44. The summed E-state index contributed by atoms with van der Waals surface area (Å²) in [5.74, 6) is 0. The highest BCUT2D eigenvalue weighted by atomic mass is 14.9. The molecule has 71 valence electrons. The van der Waals surface area contributed by atoms with Crippen LogP contribution in [-0.4, -0.2) is 6.04 Å². The first-order valence-corrected chi connectivity index (χ1v) is 5.10. The van der Waals surface area contributed by atoms with E-state index in [1.165, 1.54) is 19.3 Å². The van der Waals surface area contributed by atoms with E-state index in [0.29, 0.717) is 6.04 Å². The van der Waals surface area contributed by atoms with Crippen LogP contribution in [0.2, 0.25) is 0 Å². The molecule has 0 heterocycles. The van der Waals surface area contributed by atoms with Gasteiger partial charge in [0.1, 0.15) is 0 Å². The van der Waals surface area contributed by atoms with Crippen LogP contribution in [0.4, 0.5) is 5.69 Å². The first kappa shape index (κ1) is 10.1. The molecule has 1 radical (unpaired) electrons. The monoisotopic (exact) mass is 176 g/mol. The highest BCUT2D eigenvalue weighted by molar-refractivity contribution is 5.42. The number of anilines is 1. The Labute approximate surface area is 81.2 Å². The minimum Gasteiger partial charge on any atom is -0.382 e. The summed E-state index contributed by atoms with van der Waals surface area (Å²) >= 11 is 0. The maximum absolute atomic E-state index is 3.47. The molecule has 0 spiro atoms. The molecule has 1 atom stereocenters. The Kier molecular flexibility index (Phi) is 4.37. The minimum absolute atomic E-state index is 0.601. The first-order valence-electron chi connectivity index (χ1n) is 5.10. The molecule has 0 aliphatic carbocycles. The molecule has 0 bridgehead atoms. The molecule has 0 saturated heterocycles. The Bertz CT molecular complexity index is 218. The van der Waals surface area contributed by atoms with Gasteiger partial charge in [0, 0.05) is 17.8 Å². The van der Waals surface area contributed by atoms with Crippen molar-refractivity contribution in [1.82, 2.24) is 0 Å². The van der Waals surface area contributed by atoms with E-state index in [9.17, 15) is 0 Å². The second kappa shape index (κ2) is 5.63. The Morgan fingerprint density at radius 1 is 1.38 bits per heavy atom. The van der Waals surface area contributed by atoms with Gasteiger partial charge in [0.05, 0.1) is 0 Å². The summed E-state index contributed by atoms with van der Waals surface area (Å²) in [6, 6.07) is 11.8. The van der Waals surface area contributed by atoms with Crippen molar-refractivity contribution in [3.8, 4) is 0 Å². The molecule has 0 aromatic heterocycles. The van der Waals surface area contributed by atoms with Gasteiger partial charge in [-0.05, 0) is 18.9 Å². The van der Waals surface area contributed by atoms with Crippen molar-refractivity contribution in [2.75, 3.05) is 5.32 Å². The van der Waals surface area contributed by atoms with Crippen LogP contribution in [0, 0.1) is 6.07 Å². The Morgan fingerprint density at radius 2 is 2.23 bits per heavy atom. The lowest BCUT2D eigenvalue weighted by atomic mass is 10.1. The zero-order valence-electron chi connectivity index (χ0n) is 8.51. The van der Waals surface area contributed by atoms with Crippen molar-refractivity contribution in [3.63, 3.8) is 0 Å². The van der Waals surface area contributed by atoms with Crippen LogP contribution in [0.15, 0.2) is 24.3 Å². The summed E-state index contributed by atoms with van der Waals surface area (Å²) in [5.41, 5.74) is 1.11. The van der Waals surface area contributed by atoms with Gasteiger partial charge in [-0.1, -0.05) is 38.5 Å². The second-order valence-electron chi connectivity index (χ2n) is 3.31. The molecule has 0 saturated carbocycles. The number of hydrogen-bond acceptors (Lipinski definition) is 1. The number of para-hydroxylation sites is 1. The predicted octanol–water partition coefficient (Wildman–Crippen LogP) is 3.48. The molecule has 1 heteroatoms. The number of benzene rings is 1. The minimum atomic E-state index is 0.601. The molecule has 0 fully saturated rings. The van der Waals surface area contributed by atoms with E-state index in [-0.39, 0.29) is 0 Å². The average molecular weight is 176 g/mol. The van der Waals surface area contributed by atoms with E-state index in [1.807, 2.05) is 18.2 Å². The third kappa shape index (κ3) is 3.49. The summed E-state index contributed by atoms with van der Waals surface area (Å²) in [6.07, 6.45) is 3.65. The quantitative estimate of drug-likeness (QED) is 0.724. The molecule has 1 rings (SSSR count). The molecule has 13 heavy (non-hydrogen) atoms. The van der Waals surface area contributed by atoms with Gasteiger partial charge in [-0.15, -0.1) is 0 Å². The van der Waals surface area contributed by atoms with Gasteiger partial charge in [-0.25, -0.2) is 0 Å². The van der Waals surface area contributed by atoms with Gasteiger partial charge < -0.3 is 5.32 Å². The smallest absolute Gasteiger partial charge is 0.0422 e. The summed E-state index contributed by atoms with van der Waals surface area (Å²) in [7, 11) is 0. The lowest BCUT2D eigenvalue weighted by Gasteiger charge is -2.16. The molecule has 1 N–H and O–H groups in total. The molecule has 0 amide bonds. The van der Waals surface area contributed by atoms with Crippen LogP contribution >= 0.6 is 0 Å². The summed E-state index contributed by atoms with van der Waals surface area (Å²) in [5, 5.41) is 3.47. The van der Waals surface area contributed by atoms with Gasteiger partial charge in [0.2, 0.25) is 0 Å². The third-order valence-corrected chi connectivity index (χ3v) is 2.20. The molecule has 1 unspecified atom stereocenters. The van der Waals surface area contributed by atoms with Gasteiger partial charge in [0.15, 0.2) is 0 Å². The van der Waals surface area contributed by atoms with E-state index < -0.39 is 0 Å². The lowest BCUT2D eigenvalue weighted by molar-refractivity contribution is 0.623. The zero-order chi connectivity index (χ0) is 9.52. The topological polar surface area (TPSA) is 12.0 Å². The van der Waals surface area contributed by atoms with Crippen molar-refractivity contribution >= 4 is 5.69 Å². The molecule has 1 aromatic carbocycles. The fourth-order valence-electron chi connectivity index (χ4n) is 1.43. The van der Waals surface area contributed by atoms with E-state index >= 15 is 0 Å². The van der Waals surface area contributed by atoms with Crippen LogP contribution in [0.5, 0.6) is 0 Å². The average Bonchev–Trinajstić information content (AvgIpc) is 2.19. The fraction of sp³-hybridized carbons (Fsp3) is 0.500. The number of hydrogen-bond donors (Lipinski definition) is 1. The van der Waals surface area contributed by atoms with Gasteiger partial charge >= 0.3 is 0 Å². The fourth-order valence-corrected chi connectivity index (χ4v) is 1.43. The van der Waals surface area contributed by atoms with Crippen molar-refractivity contribution in [2.24, 2.45) is 0 Å². The SMILES string of the molecule is CCCC(CC)Nc1[c]cccc1. The van der Waals surface area contributed by atoms with Crippen molar-refractivity contribution in [1.29, 1.82) is 0 Å². The van der Waals surface area contributed by atoms with Crippen LogP contribution in [0.25, 0.3) is 0 Å². The number of nitrogens with one attached hydrogen (secondary N) is 1. The van der Waals surface area contributed by atoms with Gasteiger partial charge in [-0.2, -0.15) is 0 Å². The van der Waals surface area contributed by atoms with Crippen molar-refractivity contribution in [3.05, 3.63) is 30.3 Å². The van der Waals surface area contributed by atoms with E-state index in [4.69, 9.17) is 0 Å². The van der Waals surface area contributed by atoms with Crippen molar-refractivity contribution < 1.29 is 0 Å². The third-order valence-electron chi connectivity index (χ3n) is 2.20. The zero-order valence-corrected chi connectivity index (χ0v) is 8.51. The van der Waals surface area contributed by atoms with Crippen LogP contribution < -0.4 is 5.32 Å². The standard InChI is InChI=1S/C12H18N/c1-3-8-11(4-2)13-12-9-6-5-7-10-12/h5-7,9,11,13H,3-4,8H2,1-2H3. The van der Waals surface area contributed by atoms with Gasteiger partial charge in [0.25, 0.3) is 0 Å². The van der Waals surface area contributed by atoms with E-state index in [0.717, 1.165) is 5.69 Å². The Balaban J connectivity index is 2.46. The Morgan fingerprint density at radius 3 is 2.77 bits per heavy atom. The second-order valence-corrected chi connectivity index (χ2v) is 3.31. The summed E-state index contributed by atoms with van der Waals surface area (Å²) in [4.78, 5) is 0. The lowest BCUT2D eigenvalue weighted by Crippen LogP contribution is -2.17. The Hall–Kier alpha value is -0.980. The molecule has 0 aliphatic heterocycles. The van der Waals surface area contributed by atoms with E-state index in [2.05, 4.69) is 31.3 Å². The molecular formula is C12H18N. The van der Waals surface area contributed by atoms with E-state index in [1.54, 1.807) is 0 Å². The summed E-state index contributed by atoms with van der Waals surface area (Å²) < 4.78 is 0. The highest BCUT2D eigenvalue weighted by Crippen LogP contribution is 2.11. The van der Waals surface area contributed by atoms with Crippen LogP contribution in [0.1, 0.15) is 33.1 Å². The maximum Gasteiger partial charge on any atom is 0.0422 e. The molecule has 1 nitrogen and oxygen atoms in total. The molecule has 0 aliphatic rings. The maximum atomic E-state index is 3.47. The molecular weight excluding hydrogens is 158 g/mol. The normalized spacial score (nSPS) is 12.5. The van der Waals surface area contributed by atoms with Crippen LogP contribution in [0.3, 0.4) is 0 Å². The van der Waals surface area contributed by atoms with Crippen LogP contribution in [-0.2, 0) is 0 Å².